The number of hydrogen-bond acceptors (Lipinski definition) is 15. The first-order valence-corrected chi connectivity index (χ1v) is 39.0. The van der Waals surface area contributed by atoms with Crippen LogP contribution in [-0.4, -0.2) is 174 Å². The number of nitrogens with one attached hydrogen (secondary N) is 4. The molecule has 22 heteroatoms. The van der Waals surface area contributed by atoms with Crippen LogP contribution in [-0.2, 0) is 29.2 Å². The molecule has 4 aromatic carbocycles. The number of aromatic nitrogens is 1. The summed E-state index contributed by atoms with van der Waals surface area (Å²) in [6.45, 7) is 24.3. The number of aliphatic hydroxyl groups is 1. The molecule has 5 amide bonds. The van der Waals surface area contributed by atoms with Gasteiger partial charge in [-0.25, -0.2) is 18.1 Å². The number of β-amino-alcohol motifs (C(OH)–C–C–N with tert-alkyl or cyclic N) is 1. The average molecular weight is 1410 g/mol. The number of likely N-dealkylation sites (tertiary alicyclic amines) is 1. The lowest BCUT2D eigenvalue weighted by Crippen LogP contribution is -2.65. The minimum atomic E-state index is -4.20. The molecule has 4 aliphatic carbocycles. The lowest BCUT2D eigenvalue weighted by molar-refractivity contribution is -0.144. The first kappa shape index (κ1) is 72.9. The number of thioether (sulfide) groups is 1. The van der Waals surface area contributed by atoms with Gasteiger partial charge in [0.25, 0.3) is 15.9 Å². The van der Waals surface area contributed by atoms with Gasteiger partial charge < -0.3 is 35.8 Å². The van der Waals surface area contributed by atoms with E-state index < -0.39 is 45.4 Å². The molecular formula is C76H101ClN10O8S3. The van der Waals surface area contributed by atoms with Gasteiger partial charge in [-0.15, -0.1) is 34.7 Å². The number of carbonyl (C=O) groups is 5. The highest BCUT2D eigenvalue weighted by molar-refractivity contribution is 7.99. The van der Waals surface area contributed by atoms with Crippen LogP contribution in [0.25, 0.3) is 10.4 Å². The Morgan fingerprint density at radius 2 is 1.51 bits per heavy atom. The molecule has 0 spiro atoms. The molecule has 0 radical (unpaired) electrons. The monoisotopic (exact) mass is 1410 g/mol. The zero-order chi connectivity index (χ0) is 69.7. The molecule has 18 nitrogen and oxygen atoms in total. The number of piperazine rings is 2. The van der Waals surface area contributed by atoms with Crippen molar-refractivity contribution in [3.8, 4) is 10.4 Å². The van der Waals surface area contributed by atoms with Gasteiger partial charge in [-0.3, -0.25) is 33.8 Å². The fraction of sp³-hybridized carbons (Fsp3) is 0.553. The fourth-order valence-corrected chi connectivity index (χ4v) is 19.0. The summed E-state index contributed by atoms with van der Waals surface area (Å²) < 4.78 is 29.9. The highest BCUT2D eigenvalue weighted by Gasteiger charge is 2.69. The van der Waals surface area contributed by atoms with Crippen LogP contribution in [0.3, 0.4) is 0 Å². The van der Waals surface area contributed by atoms with E-state index in [1.165, 1.54) is 24.2 Å². The first-order valence-electron chi connectivity index (χ1n) is 35.3. The summed E-state index contributed by atoms with van der Waals surface area (Å²) in [7, 11) is -4.20. The molecule has 7 aliphatic rings. The van der Waals surface area contributed by atoms with Gasteiger partial charge in [-0.05, 0) is 166 Å². The van der Waals surface area contributed by atoms with Crippen LogP contribution < -0.4 is 25.6 Å². The Balaban J connectivity index is 0.598. The molecular weight excluding hydrogens is 1310 g/mol. The molecule has 0 unspecified atom stereocenters. The Morgan fingerprint density at radius 1 is 0.827 bits per heavy atom. The van der Waals surface area contributed by atoms with Gasteiger partial charge in [0.15, 0.2) is 0 Å². The highest BCUT2D eigenvalue weighted by atomic mass is 35.5. The standard InChI is InChI=1S/C76H101ClN10O8S3/c1-51-41-62(98(94,95)82-70(91)56-23-25-59(26-24-56)85-37-35-84(36-38-85)44-57-29-31-74(7,8)43-63(57)75-47-76(77,48-75)49-75)27-28-64(51)80-58(46-96-61-15-11-9-12-16-61)30-32-83-33-39-86(40-34-83)67(90)18-14-10-13-17-66(89)81-69(73(4,5)6)72(93)87-45-60(88)42-65(87)71(92)79-52(2)54-19-21-55(22-20-54)68-53(3)78-50-97-68/h9,11-12,15-16,19-28,41,50,52,58,60,65,69,80,88H,10,13-14,17-18,29-40,42-49H2,1-8H3,(H,79,92)(H,81,89)(H,82,91)/t52-,58+,60+,65-,69+,75?,76?/m0/s1. The van der Waals surface area contributed by atoms with E-state index in [1.807, 2.05) is 107 Å². The third-order valence-corrected chi connectivity index (χ3v) is 25.1. The number of thiazole rings is 1. The van der Waals surface area contributed by atoms with Gasteiger partial charge in [0.05, 0.1) is 33.1 Å². The molecule has 1 aromatic heterocycles. The van der Waals surface area contributed by atoms with E-state index in [0.29, 0.717) is 49.6 Å². The molecule has 3 saturated heterocycles. The number of amides is 5. The van der Waals surface area contributed by atoms with Crippen molar-refractivity contribution in [3.05, 3.63) is 136 Å². The van der Waals surface area contributed by atoms with Crippen molar-refractivity contribution >= 4 is 85.6 Å². The summed E-state index contributed by atoms with van der Waals surface area (Å²) in [5.41, 5.74) is 10.9. The van der Waals surface area contributed by atoms with E-state index >= 15 is 0 Å². The second kappa shape index (κ2) is 30.9. The SMILES string of the molecule is Cc1cc(S(=O)(=O)NC(=O)c2ccc(N3CCN(CC4=C(C56CC(Cl)(C5)C6)CC(C)(C)CC4)CC3)cc2)ccc1N[C@H](CCN1CCN(C(=O)CCCCCC(=O)N[C@H](C(=O)N2C[C@H](O)C[C@H]2C(=O)N[C@@H](C)c2ccc(-c3scnc3C)cc2)C(C)(C)C)CC1)CSc1ccccc1. The molecule has 5 atom stereocenters. The van der Waals surface area contributed by atoms with Crippen LogP contribution in [0.1, 0.15) is 158 Å². The van der Waals surface area contributed by atoms with Crippen LogP contribution in [0, 0.1) is 30.1 Å². The number of unbranched alkanes of at least 4 members (excludes halogenated alkanes) is 2. The Kier molecular flexibility index (Phi) is 23.0. The molecule has 6 fully saturated rings. The highest BCUT2D eigenvalue weighted by Crippen LogP contribution is 2.75. The summed E-state index contributed by atoms with van der Waals surface area (Å²) in [5, 5.41) is 20.5. The summed E-state index contributed by atoms with van der Waals surface area (Å²) >= 11 is 10.1. The normalized spacial score (nSPS) is 22.9. The number of alkyl halides is 1. The minimum absolute atomic E-state index is 0.00670. The van der Waals surface area contributed by atoms with Crippen molar-refractivity contribution in [2.75, 3.05) is 88.0 Å². The number of sulfonamides is 1. The molecule has 528 valence electrons. The van der Waals surface area contributed by atoms with Crippen LogP contribution in [0.4, 0.5) is 11.4 Å². The van der Waals surface area contributed by atoms with Crippen LogP contribution in [0.5, 0.6) is 0 Å². The van der Waals surface area contributed by atoms with Crippen molar-refractivity contribution in [3.63, 3.8) is 0 Å². The molecule has 12 rings (SSSR count). The van der Waals surface area contributed by atoms with Gasteiger partial charge >= 0.3 is 0 Å². The second-order valence-electron chi connectivity index (χ2n) is 30.5. The van der Waals surface area contributed by atoms with Gasteiger partial charge in [-0.1, -0.05) is 94.7 Å². The van der Waals surface area contributed by atoms with Crippen molar-refractivity contribution < 1.29 is 37.5 Å². The zero-order valence-corrected chi connectivity index (χ0v) is 61.7. The van der Waals surface area contributed by atoms with Crippen LogP contribution in [0.2, 0.25) is 0 Å². The third kappa shape index (κ3) is 17.9. The summed E-state index contributed by atoms with van der Waals surface area (Å²) in [6.07, 6.45) is 9.42. The van der Waals surface area contributed by atoms with E-state index in [1.54, 1.807) is 64.6 Å². The lowest BCUT2D eigenvalue weighted by Gasteiger charge is -2.70. The Hall–Kier alpha value is -6.33. The Morgan fingerprint density at radius 3 is 2.16 bits per heavy atom. The van der Waals surface area contributed by atoms with E-state index in [9.17, 15) is 37.5 Å². The summed E-state index contributed by atoms with van der Waals surface area (Å²) in [4.78, 5) is 85.9. The van der Waals surface area contributed by atoms with E-state index in [2.05, 4.69) is 66.3 Å². The minimum Gasteiger partial charge on any atom is -0.391 e. The third-order valence-electron chi connectivity index (χ3n) is 21.2. The Labute approximate surface area is 593 Å². The number of aryl methyl sites for hydroxylation is 2. The van der Waals surface area contributed by atoms with Crippen molar-refractivity contribution in [1.29, 1.82) is 0 Å². The molecule has 5 N–H and O–H groups in total. The van der Waals surface area contributed by atoms with Gasteiger partial charge in [-0.2, -0.15) is 0 Å². The van der Waals surface area contributed by atoms with Gasteiger partial charge in [0.1, 0.15) is 12.1 Å². The summed E-state index contributed by atoms with van der Waals surface area (Å²) in [6, 6.07) is 28.2. The fourth-order valence-electron chi connectivity index (χ4n) is 15.4. The molecule has 98 heavy (non-hydrogen) atoms. The quantitative estimate of drug-likeness (QED) is 0.0143. The van der Waals surface area contributed by atoms with Gasteiger partial charge in [0, 0.05) is 130 Å². The van der Waals surface area contributed by atoms with E-state index in [4.69, 9.17) is 11.6 Å². The zero-order valence-electron chi connectivity index (χ0n) is 58.5. The summed E-state index contributed by atoms with van der Waals surface area (Å²) in [5.74, 6) is -0.892. The molecule has 2 bridgehead atoms. The van der Waals surface area contributed by atoms with E-state index in [0.717, 1.165) is 127 Å². The van der Waals surface area contributed by atoms with Crippen molar-refractivity contribution in [1.82, 2.24) is 39.9 Å². The number of rotatable bonds is 27. The number of carbonyl (C=O) groups excluding carboxylic acids is 5. The largest absolute Gasteiger partial charge is 0.391 e. The van der Waals surface area contributed by atoms with Crippen LogP contribution in [0.15, 0.2) is 124 Å². The number of anilines is 2. The maximum atomic E-state index is 14.3. The molecule has 3 saturated carbocycles. The van der Waals surface area contributed by atoms with Crippen LogP contribution >= 0.6 is 34.7 Å². The number of nitrogens with zero attached hydrogens (tertiary/aromatic N) is 6. The topological polar surface area (TPSA) is 217 Å². The van der Waals surface area contributed by atoms with Gasteiger partial charge in [0.2, 0.25) is 23.6 Å². The predicted molar refractivity (Wildman–Crippen MR) is 392 cm³/mol. The molecule has 3 aliphatic heterocycles. The number of allylic oxidation sites excluding steroid dienone is 1. The number of aliphatic hydroxyl groups excluding tert-OH is 1. The van der Waals surface area contributed by atoms with Crippen molar-refractivity contribution in [2.24, 2.45) is 16.2 Å². The first-order chi connectivity index (χ1) is 46.6. The maximum absolute atomic E-state index is 14.3. The van der Waals surface area contributed by atoms with Crippen molar-refractivity contribution in [2.45, 2.75) is 184 Å². The number of hydrogen-bond donors (Lipinski definition) is 5. The molecule has 5 aromatic rings. The molecule has 4 heterocycles. The second-order valence-corrected chi connectivity index (χ2v) is 35.0. The number of halogens is 1. The predicted octanol–water partition coefficient (Wildman–Crippen LogP) is 11.8. The maximum Gasteiger partial charge on any atom is 0.264 e. The average Bonchev–Trinajstić information content (AvgIpc) is 0.757. The smallest absolute Gasteiger partial charge is 0.264 e. The lowest BCUT2D eigenvalue weighted by atomic mass is 9.39. The Bertz CT molecular complexity index is 3790. The van der Waals surface area contributed by atoms with E-state index in [-0.39, 0.29) is 64.5 Å². The number of benzene rings is 4.